The van der Waals surface area contributed by atoms with Crippen LogP contribution >= 0.6 is 7.82 Å². The maximum absolute atomic E-state index is 12.5. The Kier molecular flexibility index (Phi) is 15.1. The number of fused-ring (bicyclic) bond motifs is 1. The first-order chi connectivity index (χ1) is 16.0. The van der Waals surface area contributed by atoms with Crippen LogP contribution in [-0.4, -0.2) is 42.8 Å². The normalized spacial score (nSPS) is 11.6. The van der Waals surface area contributed by atoms with E-state index in [1.165, 1.54) is 4.57 Å². The summed E-state index contributed by atoms with van der Waals surface area (Å²) >= 11 is 0. The summed E-state index contributed by atoms with van der Waals surface area (Å²) in [5.41, 5.74) is 0.207. The van der Waals surface area contributed by atoms with E-state index in [4.69, 9.17) is 35.5 Å². The van der Waals surface area contributed by atoms with Crippen LogP contribution in [0.1, 0.15) is 30.8 Å². The molecule has 1 unspecified atom stereocenters. The van der Waals surface area contributed by atoms with Gasteiger partial charge >= 0.3 is 64.8 Å². The van der Waals surface area contributed by atoms with Crippen molar-refractivity contribution in [2.24, 2.45) is 0 Å². The Bertz CT molecular complexity index is 1380. The number of imidazole rings is 1. The minimum Gasteiger partial charge on any atom is -0.790 e. The molecule has 1 atom stereocenters. The number of rotatable bonds is 7. The van der Waals surface area contributed by atoms with Crippen molar-refractivity contribution in [1.82, 2.24) is 19.1 Å². The average molecular weight is 536 g/mol. The second-order valence-corrected chi connectivity index (χ2v) is 7.86. The number of aromatic amines is 1. The summed E-state index contributed by atoms with van der Waals surface area (Å²) in [7, 11) is -3.55. The summed E-state index contributed by atoms with van der Waals surface area (Å²) < 4.78 is 16.9. The molecule has 0 saturated heterocycles. The molecule has 182 valence electrons. The molecule has 0 radical (unpaired) electrons. The van der Waals surface area contributed by atoms with Gasteiger partial charge in [-0.25, -0.2) is 9.78 Å². The summed E-state index contributed by atoms with van der Waals surface area (Å²) in [6.07, 6.45) is 9.53. The van der Waals surface area contributed by atoms with Crippen LogP contribution in [0, 0.1) is 12.3 Å². The Labute approximate surface area is 250 Å². The molecule has 3 aromatic rings. The van der Waals surface area contributed by atoms with Crippen molar-refractivity contribution in [2.45, 2.75) is 25.9 Å². The first-order valence-corrected chi connectivity index (χ1v) is 11.4. The molecule has 12 nitrogen and oxygen atoms in total. The van der Waals surface area contributed by atoms with Gasteiger partial charge in [0.25, 0.3) is 5.56 Å². The van der Waals surface area contributed by atoms with Gasteiger partial charge in [-0.3, -0.25) is 14.3 Å². The number of methoxy groups -OCH3 is 1. The van der Waals surface area contributed by atoms with Crippen molar-refractivity contribution in [1.29, 1.82) is 0 Å². The van der Waals surface area contributed by atoms with Crippen molar-refractivity contribution < 1.29 is 88.2 Å². The van der Waals surface area contributed by atoms with Gasteiger partial charge in [0.1, 0.15) is 11.6 Å². The maximum atomic E-state index is 12.5. The van der Waals surface area contributed by atoms with E-state index in [0.29, 0.717) is 18.0 Å². The fourth-order valence-electron chi connectivity index (χ4n) is 3.09. The first-order valence-electron chi connectivity index (χ1n) is 9.89. The van der Waals surface area contributed by atoms with Crippen molar-refractivity contribution in [3.05, 3.63) is 56.5 Å². The molecular formula is C21H23N4Na2O8P. The number of hydrogen-bond acceptors (Lipinski definition) is 8. The molecule has 0 aliphatic rings. The van der Waals surface area contributed by atoms with E-state index < -0.39 is 25.1 Å². The number of aromatic nitrogens is 4. The molecule has 3 rings (SSSR count). The number of terminal acetylenes is 1. The smallest absolute Gasteiger partial charge is 0.790 e. The molecule has 0 spiro atoms. The summed E-state index contributed by atoms with van der Waals surface area (Å²) in [5.74, 6) is 3.77. The van der Waals surface area contributed by atoms with Gasteiger partial charge in [-0.05, 0) is 37.1 Å². The van der Waals surface area contributed by atoms with Gasteiger partial charge in [-0.1, -0.05) is 24.1 Å². The Morgan fingerprint density at radius 3 is 2.50 bits per heavy atom. The first kappa shape index (κ1) is 34.5. The molecule has 0 aliphatic carbocycles. The Balaban J connectivity index is 0.00000160. The minimum absolute atomic E-state index is 0. The van der Waals surface area contributed by atoms with Gasteiger partial charge in [-0.15, -0.1) is 6.42 Å². The van der Waals surface area contributed by atoms with Crippen LogP contribution < -0.4 is 84.9 Å². The summed E-state index contributed by atoms with van der Waals surface area (Å²) in [5, 5.41) is 9.12. The van der Waals surface area contributed by atoms with Crippen molar-refractivity contribution in [3.8, 4) is 18.1 Å². The molecule has 0 saturated carbocycles. The SMILES string of the molecule is C#CC(C)n1c(/C=C/c2cccc(OC)c2)nc2c1c(=O)[nH]c(=O)n2CCCO.O=P([O-])([O-])O.[Na+].[Na+]. The number of H-pyrrole nitrogens is 1. The van der Waals surface area contributed by atoms with E-state index in [0.717, 1.165) is 5.56 Å². The Morgan fingerprint density at radius 1 is 1.31 bits per heavy atom. The van der Waals surface area contributed by atoms with Gasteiger partial charge in [0.2, 0.25) is 0 Å². The molecule has 0 amide bonds. The standard InChI is InChI=1S/C21H22N4O4.2Na.H3O4P/c1-4-14(2)25-17(10-9-15-7-5-8-16(13-15)29-3)22-19-18(25)20(27)23-21(28)24(19)11-6-12-26;;;1-5(2,3)4/h1,5,7-10,13-14,26H,6,11-12H2,2-3H3,(H,23,27,28);;;(H3,1,2,3,4)/q;2*+1;/p-2/b10-9+;;;. The number of benzene rings is 1. The number of aliphatic hydroxyl groups excluding tert-OH is 1. The quantitative estimate of drug-likeness (QED) is 0.150. The van der Waals surface area contributed by atoms with E-state index in [2.05, 4.69) is 15.9 Å². The van der Waals surface area contributed by atoms with Gasteiger partial charge in [0.15, 0.2) is 11.2 Å². The number of nitrogens with one attached hydrogen (secondary N) is 1. The molecule has 3 N–H and O–H groups in total. The van der Waals surface area contributed by atoms with Crippen LogP contribution in [0.4, 0.5) is 0 Å². The zero-order valence-electron chi connectivity index (χ0n) is 20.4. The van der Waals surface area contributed by atoms with Crippen LogP contribution in [0.15, 0.2) is 33.9 Å². The third kappa shape index (κ3) is 9.78. The van der Waals surface area contributed by atoms with E-state index in [1.807, 2.05) is 30.3 Å². The molecular weight excluding hydrogens is 513 g/mol. The van der Waals surface area contributed by atoms with Crippen LogP contribution in [0.3, 0.4) is 0 Å². The second kappa shape index (κ2) is 15.7. The van der Waals surface area contributed by atoms with E-state index in [1.54, 1.807) is 24.7 Å². The van der Waals surface area contributed by atoms with Gasteiger partial charge < -0.3 is 33.7 Å². The number of nitrogens with zero attached hydrogens (tertiary/aromatic N) is 3. The molecule has 2 heterocycles. The zero-order chi connectivity index (χ0) is 25.5. The number of aliphatic hydroxyl groups is 1. The zero-order valence-corrected chi connectivity index (χ0v) is 25.3. The molecule has 0 fully saturated rings. The van der Waals surface area contributed by atoms with Crippen LogP contribution in [0.2, 0.25) is 0 Å². The van der Waals surface area contributed by atoms with Crippen LogP contribution in [0.5, 0.6) is 5.75 Å². The fourth-order valence-corrected chi connectivity index (χ4v) is 3.09. The van der Waals surface area contributed by atoms with E-state index in [9.17, 15) is 9.59 Å². The second-order valence-electron chi connectivity index (χ2n) is 6.92. The third-order valence-electron chi connectivity index (χ3n) is 4.54. The minimum atomic E-state index is -5.14. The summed E-state index contributed by atoms with van der Waals surface area (Å²) in [6, 6.07) is 7.00. The topological polar surface area (TPSA) is 186 Å². The predicted octanol–water partition coefficient (Wildman–Crippen LogP) is -6.54. The summed E-state index contributed by atoms with van der Waals surface area (Å²) in [4.78, 5) is 55.9. The monoisotopic (exact) mass is 536 g/mol. The Hall–Kier alpha value is -1.46. The third-order valence-corrected chi connectivity index (χ3v) is 4.54. The maximum Gasteiger partial charge on any atom is 1.00 e. The van der Waals surface area contributed by atoms with Crippen molar-refractivity contribution in [2.75, 3.05) is 13.7 Å². The van der Waals surface area contributed by atoms with Crippen molar-refractivity contribution >= 4 is 31.1 Å². The van der Waals surface area contributed by atoms with Gasteiger partial charge in [0.05, 0.1) is 21.0 Å². The molecule has 36 heavy (non-hydrogen) atoms. The van der Waals surface area contributed by atoms with E-state index in [-0.39, 0.29) is 83.4 Å². The number of phosphoric acid groups is 1. The van der Waals surface area contributed by atoms with Gasteiger partial charge in [-0.2, -0.15) is 0 Å². The molecule has 0 bridgehead atoms. The van der Waals surface area contributed by atoms with Gasteiger partial charge in [0, 0.05) is 13.2 Å². The molecule has 2 aromatic heterocycles. The van der Waals surface area contributed by atoms with Crippen LogP contribution in [-0.2, 0) is 11.1 Å². The molecule has 0 aliphatic heterocycles. The number of ether oxygens (including phenoxy) is 1. The van der Waals surface area contributed by atoms with Crippen LogP contribution in [0.25, 0.3) is 23.3 Å². The molecule has 1 aromatic carbocycles. The number of aryl methyl sites for hydroxylation is 1. The average Bonchev–Trinajstić information content (AvgIpc) is 3.16. The fraction of sp³-hybridized carbons (Fsp3) is 0.286. The van der Waals surface area contributed by atoms with E-state index >= 15 is 0 Å². The predicted molar refractivity (Wildman–Crippen MR) is 122 cm³/mol. The summed E-state index contributed by atoms with van der Waals surface area (Å²) in [6.45, 7) is 1.91. The Morgan fingerprint density at radius 2 is 1.94 bits per heavy atom. The van der Waals surface area contributed by atoms with Crippen molar-refractivity contribution in [3.63, 3.8) is 0 Å². The largest absolute Gasteiger partial charge is 1.00 e. The number of hydrogen-bond donors (Lipinski definition) is 3. The molecule has 15 heteroatoms.